The van der Waals surface area contributed by atoms with E-state index in [1.54, 1.807) is 49.7 Å². The van der Waals surface area contributed by atoms with Gasteiger partial charge in [-0.3, -0.25) is 4.79 Å². The number of hydrogen-bond acceptors (Lipinski definition) is 6. The van der Waals surface area contributed by atoms with Gasteiger partial charge in [0, 0.05) is 23.6 Å². The van der Waals surface area contributed by atoms with E-state index < -0.39 is 12.1 Å². The van der Waals surface area contributed by atoms with Crippen molar-refractivity contribution in [3.8, 4) is 22.8 Å². The van der Waals surface area contributed by atoms with Crippen molar-refractivity contribution in [2.45, 2.75) is 29.9 Å². The van der Waals surface area contributed by atoms with Crippen molar-refractivity contribution in [2.75, 3.05) is 20.0 Å². The summed E-state index contributed by atoms with van der Waals surface area (Å²) in [4.78, 5) is 21.1. The quantitative estimate of drug-likeness (QED) is 0.100. The van der Waals surface area contributed by atoms with Crippen LogP contribution in [0.1, 0.15) is 24.1 Å². The molecule has 38 heavy (non-hydrogen) atoms. The van der Waals surface area contributed by atoms with Crippen LogP contribution in [0.15, 0.2) is 89.5 Å². The standard InChI is InChI=1S/C28H28ClF2N3O3S/c1-5-7-19(6-2)21(29)12-13-38-28-32-22(15-23(33-28)27(30)31)20-9-11-26(35)34(17-20)16-18-8-10-24(36-3)25(14-18)37-4/h5-11,14-15,17,21,27H,1-2,12-13,16H2,3-4H3/b19-7+. The summed E-state index contributed by atoms with van der Waals surface area (Å²) in [6.45, 7) is 7.65. The van der Waals surface area contributed by atoms with E-state index in [0.29, 0.717) is 34.9 Å². The number of allylic oxidation sites excluding steroid dienone is 4. The van der Waals surface area contributed by atoms with Crippen LogP contribution in [0.5, 0.6) is 11.5 Å². The van der Waals surface area contributed by atoms with Crippen LogP contribution in [-0.4, -0.2) is 39.9 Å². The van der Waals surface area contributed by atoms with E-state index in [1.807, 2.05) is 6.07 Å². The van der Waals surface area contributed by atoms with E-state index in [1.165, 1.54) is 35.6 Å². The Morgan fingerprint density at radius 1 is 1.13 bits per heavy atom. The molecule has 0 aliphatic carbocycles. The second-order valence-electron chi connectivity index (χ2n) is 8.05. The summed E-state index contributed by atoms with van der Waals surface area (Å²) in [5, 5.41) is -0.108. The van der Waals surface area contributed by atoms with Crippen LogP contribution in [-0.2, 0) is 6.54 Å². The highest BCUT2D eigenvalue weighted by molar-refractivity contribution is 7.99. The zero-order valence-electron chi connectivity index (χ0n) is 21.1. The molecule has 3 aromatic rings. The smallest absolute Gasteiger partial charge is 0.280 e. The molecule has 1 atom stereocenters. The summed E-state index contributed by atoms with van der Waals surface area (Å²) in [6.07, 6.45) is 4.43. The first-order valence-electron chi connectivity index (χ1n) is 11.6. The SMILES string of the molecule is C=C/C=C(\C=C)C(Cl)CCSc1nc(-c2ccc(=O)n(Cc3ccc(OC)c(OC)c3)c2)cc(C(F)F)n1. The van der Waals surface area contributed by atoms with Crippen molar-refractivity contribution < 1.29 is 18.3 Å². The van der Waals surface area contributed by atoms with Gasteiger partial charge in [-0.2, -0.15) is 0 Å². The molecule has 0 amide bonds. The molecule has 0 N–H and O–H groups in total. The Labute approximate surface area is 229 Å². The lowest BCUT2D eigenvalue weighted by atomic mass is 10.1. The van der Waals surface area contributed by atoms with Gasteiger partial charge in [0.1, 0.15) is 5.69 Å². The van der Waals surface area contributed by atoms with E-state index in [4.69, 9.17) is 21.1 Å². The monoisotopic (exact) mass is 559 g/mol. The van der Waals surface area contributed by atoms with Crippen molar-refractivity contribution in [1.82, 2.24) is 14.5 Å². The number of thioether (sulfide) groups is 1. The molecule has 1 unspecified atom stereocenters. The fourth-order valence-electron chi connectivity index (χ4n) is 3.61. The third kappa shape index (κ3) is 7.55. The molecule has 3 rings (SSSR count). The number of ether oxygens (including phenoxy) is 2. The number of pyridine rings is 1. The van der Waals surface area contributed by atoms with Crippen molar-refractivity contribution in [3.05, 3.63) is 101 Å². The number of methoxy groups -OCH3 is 2. The van der Waals surface area contributed by atoms with Gasteiger partial charge in [0.2, 0.25) is 0 Å². The Hall–Kier alpha value is -3.43. The van der Waals surface area contributed by atoms with Gasteiger partial charge in [0.25, 0.3) is 12.0 Å². The molecule has 0 aliphatic heterocycles. The number of halogens is 3. The predicted octanol–water partition coefficient (Wildman–Crippen LogP) is 6.70. The number of aromatic nitrogens is 3. The minimum absolute atomic E-state index is 0.201. The van der Waals surface area contributed by atoms with Crippen LogP contribution < -0.4 is 15.0 Å². The zero-order valence-corrected chi connectivity index (χ0v) is 22.6. The number of benzene rings is 1. The van der Waals surface area contributed by atoms with Gasteiger partial charge in [0.05, 0.1) is 31.8 Å². The first kappa shape index (κ1) is 29.1. The normalized spacial score (nSPS) is 12.3. The predicted molar refractivity (Wildman–Crippen MR) is 149 cm³/mol. The Kier molecular flexibility index (Phi) is 10.7. The highest BCUT2D eigenvalue weighted by Gasteiger charge is 2.16. The number of hydrogen-bond donors (Lipinski definition) is 0. The van der Waals surface area contributed by atoms with Crippen LogP contribution >= 0.6 is 23.4 Å². The highest BCUT2D eigenvalue weighted by Crippen LogP contribution is 2.29. The van der Waals surface area contributed by atoms with Gasteiger partial charge in [-0.15, -0.1) is 11.6 Å². The Morgan fingerprint density at radius 3 is 2.55 bits per heavy atom. The summed E-state index contributed by atoms with van der Waals surface area (Å²) in [5.41, 5.74) is 1.78. The molecule has 0 radical (unpaired) electrons. The molecule has 0 bridgehead atoms. The molecular weight excluding hydrogens is 532 g/mol. The molecule has 0 fully saturated rings. The number of alkyl halides is 3. The maximum absolute atomic E-state index is 13.7. The van der Waals surface area contributed by atoms with E-state index >= 15 is 0 Å². The first-order chi connectivity index (χ1) is 18.3. The second-order valence-corrected chi connectivity index (χ2v) is 9.63. The molecule has 0 spiro atoms. The van der Waals surface area contributed by atoms with Crippen LogP contribution in [0.3, 0.4) is 0 Å². The van der Waals surface area contributed by atoms with Gasteiger partial charge < -0.3 is 14.0 Å². The van der Waals surface area contributed by atoms with Gasteiger partial charge >= 0.3 is 0 Å². The third-order valence-corrected chi connectivity index (χ3v) is 6.89. The Balaban J connectivity index is 1.87. The van der Waals surface area contributed by atoms with Gasteiger partial charge in [0.15, 0.2) is 16.7 Å². The molecule has 200 valence electrons. The van der Waals surface area contributed by atoms with Crippen molar-refractivity contribution in [1.29, 1.82) is 0 Å². The molecule has 10 heteroatoms. The maximum atomic E-state index is 13.7. The maximum Gasteiger partial charge on any atom is 0.280 e. The topological polar surface area (TPSA) is 66.2 Å². The Bertz CT molecular complexity index is 1380. The molecule has 0 saturated heterocycles. The average Bonchev–Trinajstić information content (AvgIpc) is 2.92. The molecule has 0 aliphatic rings. The first-order valence-corrected chi connectivity index (χ1v) is 13.0. The largest absolute Gasteiger partial charge is 0.493 e. The summed E-state index contributed by atoms with van der Waals surface area (Å²) in [5.74, 6) is 1.61. The lowest BCUT2D eigenvalue weighted by molar-refractivity contribution is 0.145. The Morgan fingerprint density at radius 2 is 1.89 bits per heavy atom. The average molecular weight is 560 g/mol. The molecule has 1 aromatic carbocycles. The van der Waals surface area contributed by atoms with Crippen LogP contribution in [0.2, 0.25) is 0 Å². The molecule has 0 saturated carbocycles. The minimum atomic E-state index is -2.78. The van der Waals surface area contributed by atoms with Crippen LogP contribution in [0.25, 0.3) is 11.3 Å². The lowest BCUT2D eigenvalue weighted by Gasteiger charge is -2.13. The van der Waals surface area contributed by atoms with E-state index in [9.17, 15) is 13.6 Å². The van der Waals surface area contributed by atoms with Gasteiger partial charge in [-0.1, -0.05) is 49.2 Å². The zero-order chi connectivity index (χ0) is 27.7. The summed E-state index contributed by atoms with van der Waals surface area (Å²) in [6, 6.07) is 9.53. The van der Waals surface area contributed by atoms with E-state index in [2.05, 4.69) is 23.1 Å². The third-order valence-electron chi connectivity index (χ3n) is 5.54. The number of rotatable bonds is 13. The number of nitrogens with zero attached hydrogens (tertiary/aromatic N) is 3. The summed E-state index contributed by atoms with van der Waals surface area (Å²) < 4.78 is 39.4. The van der Waals surface area contributed by atoms with Crippen LogP contribution in [0.4, 0.5) is 8.78 Å². The van der Waals surface area contributed by atoms with Crippen molar-refractivity contribution >= 4 is 23.4 Å². The van der Waals surface area contributed by atoms with Gasteiger partial charge in [-0.25, -0.2) is 18.7 Å². The van der Waals surface area contributed by atoms with Gasteiger partial charge in [-0.05, 0) is 41.8 Å². The van der Waals surface area contributed by atoms with E-state index in [0.717, 1.165) is 11.1 Å². The molecule has 2 aromatic heterocycles. The molecular formula is C28H28ClF2N3O3S. The minimum Gasteiger partial charge on any atom is -0.493 e. The molecule has 2 heterocycles. The van der Waals surface area contributed by atoms with Crippen molar-refractivity contribution in [2.24, 2.45) is 0 Å². The fraction of sp³-hybridized carbons (Fsp3) is 0.250. The second kappa shape index (κ2) is 13.9. The summed E-state index contributed by atoms with van der Waals surface area (Å²) >= 11 is 7.66. The fourth-order valence-corrected chi connectivity index (χ4v) is 4.88. The lowest BCUT2D eigenvalue weighted by Crippen LogP contribution is -2.19. The summed E-state index contributed by atoms with van der Waals surface area (Å²) in [7, 11) is 3.07. The molecule has 6 nitrogen and oxygen atoms in total. The van der Waals surface area contributed by atoms with Crippen molar-refractivity contribution in [3.63, 3.8) is 0 Å². The van der Waals surface area contributed by atoms with Crippen LogP contribution in [0, 0.1) is 0 Å². The highest BCUT2D eigenvalue weighted by atomic mass is 35.5. The van der Waals surface area contributed by atoms with E-state index in [-0.39, 0.29) is 22.6 Å².